The van der Waals surface area contributed by atoms with Crippen molar-refractivity contribution in [3.8, 4) is 0 Å². The third-order valence-electron chi connectivity index (χ3n) is 6.69. The third-order valence-corrected chi connectivity index (χ3v) is 6.98. The molecule has 0 saturated carbocycles. The summed E-state index contributed by atoms with van der Waals surface area (Å²) >= 11 is 5.91. The van der Waals surface area contributed by atoms with Gasteiger partial charge in [-0.05, 0) is 57.9 Å². The molecular weight excluding hydrogens is 515 g/mol. The van der Waals surface area contributed by atoms with Crippen LogP contribution in [-0.4, -0.2) is 38.6 Å². The maximum absolute atomic E-state index is 14.7. The summed E-state index contributed by atoms with van der Waals surface area (Å²) < 4.78 is 29.2. The first-order chi connectivity index (χ1) is 16.6. The van der Waals surface area contributed by atoms with E-state index in [0.717, 1.165) is 5.69 Å². The molecule has 1 saturated heterocycles. The van der Waals surface area contributed by atoms with Crippen LogP contribution in [0.4, 0.5) is 20.4 Å². The Bertz CT molecular complexity index is 1260. The van der Waals surface area contributed by atoms with Crippen molar-refractivity contribution >= 4 is 29.2 Å². The number of carbonyl (C=O) groups excluding carboxylic acids is 1. The SMILES string of the molecule is Cc1cc(Nc2nc(C[C@@]3(C(=O)[O-])CCN(Cc4cccc(Cl)c4F)[C@H](C)C3)cc(C)c2F)n[nH]1.[K+]. The summed E-state index contributed by atoms with van der Waals surface area (Å²) in [5.74, 6) is -1.75. The molecule has 2 N–H and O–H groups in total. The molecule has 3 heterocycles. The number of aryl methyl sites for hydroxylation is 2. The summed E-state index contributed by atoms with van der Waals surface area (Å²) in [7, 11) is 0. The van der Waals surface area contributed by atoms with Crippen molar-refractivity contribution in [2.75, 3.05) is 11.9 Å². The Labute approximate surface area is 256 Å². The van der Waals surface area contributed by atoms with Gasteiger partial charge in [0.2, 0.25) is 0 Å². The number of aliphatic carboxylic acids is 1. The molecule has 1 aliphatic heterocycles. The molecule has 3 aromatic rings. The number of aromatic amines is 1. The predicted octanol–water partition coefficient (Wildman–Crippen LogP) is 1.06. The van der Waals surface area contributed by atoms with Crippen LogP contribution in [0.5, 0.6) is 0 Å². The van der Waals surface area contributed by atoms with Gasteiger partial charge in [-0.2, -0.15) is 5.10 Å². The molecule has 0 spiro atoms. The van der Waals surface area contributed by atoms with E-state index in [2.05, 4.69) is 20.5 Å². The number of nitrogens with one attached hydrogen (secondary N) is 2. The molecule has 0 amide bonds. The molecule has 0 bridgehead atoms. The second-order valence-electron chi connectivity index (χ2n) is 9.39. The molecular formula is C25H27ClF2KN5O2. The van der Waals surface area contributed by atoms with E-state index in [4.69, 9.17) is 11.6 Å². The molecule has 7 nitrogen and oxygen atoms in total. The van der Waals surface area contributed by atoms with Gasteiger partial charge in [0.15, 0.2) is 17.5 Å². The number of nitrogens with zero attached hydrogens (tertiary/aromatic N) is 3. The van der Waals surface area contributed by atoms with E-state index in [1.165, 1.54) is 6.07 Å². The monoisotopic (exact) mass is 541 g/mol. The van der Waals surface area contributed by atoms with Gasteiger partial charge in [0.05, 0.1) is 5.02 Å². The Morgan fingerprint density at radius 3 is 2.69 bits per heavy atom. The standard InChI is InChI=1S/C25H28ClF2N5O2.K/c1-14-9-18(29-23(21(14)27)30-20-10-15(2)31-32-20)12-25(24(34)35)7-8-33(16(3)11-25)13-17-5-4-6-19(26)22(17)28;/h4-6,9-10,16H,7-8,11-13H2,1-3H3,(H,34,35)(H2,29,30,31,32);/q;+1/p-1/t16-,25-;/m1./s1. The zero-order valence-corrected chi connectivity index (χ0v) is 24.7. The van der Waals surface area contributed by atoms with Crippen LogP contribution >= 0.6 is 11.6 Å². The van der Waals surface area contributed by atoms with Crippen molar-refractivity contribution in [1.82, 2.24) is 20.1 Å². The number of rotatable bonds is 7. The fourth-order valence-corrected chi connectivity index (χ4v) is 4.96. The van der Waals surface area contributed by atoms with Gasteiger partial charge in [-0.1, -0.05) is 23.7 Å². The van der Waals surface area contributed by atoms with E-state index in [9.17, 15) is 18.7 Å². The second-order valence-corrected chi connectivity index (χ2v) is 9.79. The van der Waals surface area contributed by atoms with E-state index < -0.39 is 23.0 Å². The van der Waals surface area contributed by atoms with Crippen LogP contribution in [0.25, 0.3) is 0 Å². The molecule has 0 aliphatic carbocycles. The Kier molecular flexibility index (Phi) is 9.70. The topological polar surface area (TPSA) is 97.0 Å². The van der Waals surface area contributed by atoms with Gasteiger partial charge < -0.3 is 15.2 Å². The normalized spacial score (nSPS) is 20.1. The summed E-state index contributed by atoms with van der Waals surface area (Å²) in [5, 5.41) is 22.1. The van der Waals surface area contributed by atoms with Crippen LogP contribution in [-0.2, 0) is 17.8 Å². The number of carboxylic acid groups (broad SMARTS) is 1. The second kappa shape index (κ2) is 12.0. The molecule has 0 unspecified atom stereocenters. The Morgan fingerprint density at radius 2 is 2.06 bits per heavy atom. The molecule has 4 rings (SSSR count). The minimum atomic E-state index is -1.18. The van der Waals surface area contributed by atoms with Crippen molar-refractivity contribution in [2.24, 2.45) is 5.41 Å². The number of hydrogen-bond acceptors (Lipinski definition) is 6. The van der Waals surface area contributed by atoms with Crippen LogP contribution in [0.1, 0.15) is 42.3 Å². The predicted molar refractivity (Wildman–Crippen MR) is 127 cm³/mol. The smallest absolute Gasteiger partial charge is 0.550 e. The fraction of sp³-hybridized carbons (Fsp3) is 0.400. The number of piperidine rings is 1. The molecule has 11 heteroatoms. The molecule has 2 aromatic heterocycles. The van der Waals surface area contributed by atoms with Crippen LogP contribution in [0.2, 0.25) is 5.02 Å². The Balaban J connectivity index is 0.00000361. The van der Waals surface area contributed by atoms with Crippen molar-refractivity contribution < 1.29 is 70.1 Å². The first-order valence-electron chi connectivity index (χ1n) is 11.4. The summed E-state index contributed by atoms with van der Waals surface area (Å²) in [6.07, 6.45) is 0.673. The first-order valence-corrected chi connectivity index (χ1v) is 11.8. The zero-order valence-electron chi connectivity index (χ0n) is 20.8. The summed E-state index contributed by atoms with van der Waals surface area (Å²) in [6.45, 7) is 6.09. The minimum Gasteiger partial charge on any atom is -0.550 e. The number of pyridine rings is 1. The fourth-order valence-electron chi connectivity index (χ4n) is 4.77. The number of aromatic nitrogens is 3. The van der Waals surface area contributed by atoms with E-state index in [1.807, 2.05) is 18.7 Å². The van der Waals surface area contributed by atoms with Crippen molar-refractivity contribution in [3.63, 3.8) is 0 Å². The quantitative estimate of drug-likeness (QED) is 0.434. The van der Waals surface area contributed by atoms with Crippen molar-refractivity contribution in [2.45, 2.75) is 52.6 Å². The van der Waals surface area contributed by atoms with Gasteiger partial charge in [0.25, 0.3) is 0 Å². The largest absolute Gasteiger partial charge is 1.00 e. The molecule has 0 radical (unpaired) electrons. The number of halogens is 3. The minimum absolute atomic E-state index is 0. The number of anilines is 2. The summed E-state index contributed by atoms with van der Waals surface area (Å²) in [4.78, 5) is 18.8. The molecule has 1 aliphatic rings. The van der Waals surface area contributed by atoms with Crippen LogP contribution in [0.15, 0.2) is 30.3 Å². The molecule has 2 atom stereocenters. The van der Waals surface area contributed by atoms with E-state index in [1.54, 1.807) is 31.2 Å². The average molecular weight is 542 g/mol. The number of hydrogen-bond donors (Lipinski definition) is 2. The van der Waals surface area contributed by atoms with Crippen LogP contribution in [0.3, 0.4) is 0 Å². The van der Waals surface area contributed by atoms with Gasteiger partial charge in [0.1, 0.15) is 5.82 Å². The van der Waals surface area contributed by atoms with Gasteiger partial charge >= 0.3 is 51.4 Å². The molecule has 1 aromatic carbocycles. The molecule has 1 fully saturated rings. The number of benzene rings is 1. The number of H-pyrrole nitrogens is 1. The number of likely N-dealkylation sites (tertiary alicyclic amines) is 1. The summed E-state index contributed by atoms with van der Waals surface area (Å²) in [5.41, 5.74) is 0.880. The van der Waals surface area contributed by atoms with E-state index >= 15 is 0 Å². The first kappa shape index (κ1) is 29.2. The van der Waals surface area contributed by atoms with Crippen molar-refractivity contribution in [1.29, 1.82) is 0 Å². The van der Waals surface area contributed by atoms with Gasteiger partial charge in [-0.25, -0.2) is 13.8 Å². The van der Waals surface area contributed by atoms with Crippen LogP contribution in [0, 0.1) is 30.9 Å². The molecule has 36 heavy (non-hydrogen) atoms. The van der Waals surface area contributed by atoms with E-state index in [0.29, 0.717) is 42.1 Å². The van der Waals surface area contributed by atoms with Gasteiger partial charge in [-0.3, -0.25) is 10.00 Å². The maximum atomic E-state index is 14.7. The maximum Gasteiger partial charge on any atom is 1.00 e. The average Bonchev–Trinajstić information content (AvgIpc) is 3.21. The Morgan fingerprint density at radius 1 is 1.31 bits per heavy atom. The van der Waals surface area contributed by atoms with Crippen molar-refractivity contribution in [3.05, 3.63) is 69.5 Å². The van der Waals surface area contributed by atoms with E-state index in [-0.39, 0.29) is 81.1 Å². The third kappa shape index (κ3) is 6.35. The van der Waals surface area contributed by atoms with Crippen LogP contribution < -0.4 is 61.8 Å². The number of carboxylic acids is 1. The summed E-state index contributed by atoms with van der Waals surface area (Å²) in [6, 6.07) is 7.99. The Hall–Kier alpha value is -1.40. The number of carbonyl (C=O) groups is 1. The molecule has 186 valence electrons. The van der Waals surface area contributed by atoms with Gasteiger partial charge in [0, 0.05) is 53.4 Å². The zero-order chi connectivity index (χ0) is 25.3. The van der Waals surface area contributed by atoms with Gasteiger partial charge in [-0.15, -0.1) is 0 Å².